The highest BCUT2D eigenvalue weighted by molar-refractivity contribution is 7.89. The molecule has 0 radical (unpaired) electrons. The Morgan fingerprint density at radius 3 is 2.55 bits per heavy atom. The fourth-order valence-electron chi connectivity index (χ4n) is 5.90. The van der Waals surface area contributed by atoms with Crippen LogP contribution in [-0.4, -0.2) is 109 Å². The van der Waals surface area contributed by atoms with E-state index in [2.05, 4.69) is 20.5 Å². The van der Waals surface area contributed by atoms with Crippen molar-refractivity contribution >= 4 is 15.9 Å². The Kier molecular flexibility index (Phi) is 8.88. The molecule has 4 heterocycles. The number of hydrogen-bond donors (Lipinski definition) is 3. The molecule has 0 spiro atoms. The lowest BCUT2D eigenvalue weighted by Crippen LogP contribution is -2.56. The number of nitrogens with zero attached hydrogens (tertiary/aromatic N) is 3. The predicted octanol–water partition coefficient (Wildman–Crippen LogP) is 1.29. The van der Waals surface area contributed by atoms with E-state index in [-0.39, 0.29) is 40.9 Å². The average molecular weight is 615 g/mol. The molecule has 232 valence electrons. The first-order valence-corrected chi connectivity index (χ1v) is 15.3. The number of ether oxygens (including phenoxy) is 3. The SMILES string of the molecule is COCCNC1=CC(N)(c2ccc(S(=O)(=O)N3CCC(N4CCOCC4)CC3)cc2OC)NC2=NCC(C(F)(F)F)=C12. The molecule has 1 aromatic carbocycles. The third kappa shape index (κ3) is 6.03. The molecule has 11 nitrogen and oxygen atoms in total. The molecular weight excluding hydrogens is 577 g/mol. The summed E-state index contributed by atoms with van der Waals surface area (Å²) < 4.78 is 86.1. The first-order chi connectivity index (χ1) is 20.0. The van der Waals surface area contributed by atoms with Gasteiger partial charge in [-0.25, -0.2) is 8.42 Å². The summed E-state index contributed by atoms with van der Waals surface area (Å²) >= 11 is 0. The molecule has 5 rings (SSSR count). The number of morpholine rings is 1. The van der Waals surface area contributed by atoms with Crippen molar-refractivity contribution in [2.75, 3.05) is 73.3 Å². The quantitative estimate of drug-likeness (QED) is 0.352. The minimum atomic E-state index is -4.58. The summed E-state index contributed by atoms with van der Waals surface area (Å²) in [5.74, 6) is 0.165. The molecule has 2 fully saturated rings. The molecule has 2 saturated heterocycles. The molecule has 15 heteroatoms. The van der Waals surface area contributed by atoms with Gasteiger partial charge < -0.3 is 30.6 Å². The van der Waals surface area contributed by atoms with Crippen LogP contribution in [0.2, 0.25) is 0 Å². The largest absolute Gasteiger partial charge is 0.496 e. The summed E-state index contributed by atoms with van der Waals surface area (Å²) in [6.07, 6.45) is -1.68. The van der Waals surface area contributed by atoms with Crippen LogP contribution in [0, 0.1) is 0 Å². The van der Waals surface area contributed by atoms with Crippen molar-refractivity contribution in [3.8, 4) is 5.75 Å². The number of halogens is 3. The summed E-state index contributed by atoms with van der Waals surface area (Å²) in [5.41, 5.74) is 4.81. The topological polar surface area (TPSA) is 131 Å². The molecule has 1 unspecified atom stereocenters. The van der Waals surface area contributed by atoms with Gasteiger partial charge in [-0.3, -0.25) is 9.89 Å². The zero-order valence-corrected chi connectivity index (χ0v) is 24.5. The van der Waals surface area contributed by atoms with Crippen molar-refractivity contribution in [3.05, 3.63) is 46.7 Å². The molecule has 42 heavy (non-hydrogen) atoms. The molecule has 4 aliphatic heterocycles. The second-order valence-electron chi connectivity index (χ2n) is 10.6. The van der Waals surface area contributed by atoms with Crippen molar-refractivity contribution < 1.29 is 35.8 Å². The molecule has 0 aliphatic carbocycles. The number of aliphatic imine (C=N–C) groups is 1. The zero-order valence-electron chi connectivity index (χ0n) is 23.7. The van der Waals surface area contributed by atoms with E-state index in [1.54, 1.807) is 0 Å². The normalized spacial score (nSPS) is 24.6. The van der Waals surface area contributed by atoms with Crippen LogP contribution < -0.4 is 21.1 Å². The molecule has 0 bridgehead atoms. The Morgan fingerprint density at radius 1 is 1.19 bits per heavy atom. The number of nitrogens with two attached hydrogens (primary N) is 1. The summed E-state index contributed by atoms with van der Waals surface area (Å²) in [6.45, 7) is 3.82. The molecule has 0 amide bonds. The number of fused-ring (bicyclic) bond motifs is 1. The molecule has 4 N–H and O–H groups in total. The number of alkyl halides is 3. The van der Waals surface area contributed by atoms with Crippen LogP contribution in [0.1, 0.15) is 18.4 Å². The Balaban J connectivity index is 1.42. The van der Waals surface area contributed by atoms with E-state index in [9.17, 15) is 21.6 Å². The first kappa shape index (κ1) is 30.8. The van der Waals surface area contributed by atoms with Crippen molar-refractivity contribution in [1.82, 2.24) is 19.8 Å². The maximum Gasteiger partial charge on any atom is 0.415 e. The van der Waals surface area contributed by atoms with Crippen LogP contribution in [-0.2, 0) is 25.2 Å². The van der Waals surface area contributed by atoms with Gasteiger partial charge in [-0.1, -0.05) is 0 Å². The minimum Gasteiger partial charge on any atom is -0.496 e. The van der Waals surface area contributed by atoms with Gasteiger partial charge in [0.25, 0.3) is 0 Å². The lowest BCUT2D eigenvalue weighted by molar-refractivity contribution is -0.0922. The van der Waals surface area contributed by atoms with Crippen molar-refractivity contribution in [2.45, 2.75) is 35.6 Å². The highest BCUT2D eigenvalue weighted by Crippen LogP contribution is 2.40. The van der Waals surface area contributed by atoms with Crippen LogP contribution in [0.4, 0.5) is 13.2 Å². The van der Waals surface area contributed by atoms with Crippen LogP contribution in [0.5, 0.6) is 5.75 Å². The van der Waals surface area contributed by atoms with Crippen LogP contribution in [0.15, 0.2) is 51.0 Å². The second-order valence-corrected chi connectivity index (χ2v) is 12.6. The van der Waals surface area contributed by atoms with Crippen molar-refractivity contribution in [2.24, 2.45) is 10.7 Å². The summed E-state index contributed by atoms with van der Waals surface area (Å²) in [6, 6.07) is 4.70. The summed E-state index contributed by atoms with van der Waals surface area (Å²) in [4.78, 5) is 6.50. The number of benzene rings is 1. The fourth-order valence-corrected chi connectivity index (χ4v) is 7.39. The number of piperidine rings is 1. The average Bonchev–Trinajstić information content (AvgIpc) is 3.42. The molecule has 0 saturated carbocycles. The van der Waals surface area contributed by atoms with E-state index in [4.69, 9.17) is 19.9 Å². The third-order valence-corrected chi connectivity index (χ3v) is 10.0. The zero-order chi connectivity index (χ0) is 30.1. The predicted molar refractivity (Wildman–Crippen MR) is 150 cm³/mol. The highest BCUT2D eigenvalue weighted by Gasteiger charge is 2.46. The monoisotopic (exact) mass is 614 g/mol. The maximum atomic E-state index is 13.8. The fraction of sp³-hybridized carbons (Fsp3) is 0.593. The Bertz CT molecular complexity index is 1370. The first-order valence-electron chi connectivity index (χ1n) is 13.9. The van der Waals surface area contributed by atoms with Crippen LogP contribution in [0.3, 0.4) is 0 Å². The molecule has 0 aromatic heterocycles. The standard InChI is InChI=1S/C27H37F3N6O5S/c1-39-12-7-32-22-16-26(31,34-25-24(22)21(17-33-25)27(28,29)30)20-4-3-19(15-23(20)40-2)42(37,38)36-8-5-18(6-9-36)35-10-13-41-14-11-35/h3-4,15-16,18,32H,5-14,17,31H2,1-2H3,(H,33,34). The maximum absolute atomic E-state index is 13.8. The number of amidine groups is 1. The van der Waals surface area contributed by atoms with E-state index in [0.29, 0.717) is 37.9 Å². The molecule has 1 atom stereocenters. The lowest BCUT2D eigenvalue weighted by Gasteiger charge is -2.39. The van der Waals surface area contributed by atoms with Gasteiger partial charge >= 0.3 is 6.18 Å². The van der Waals surface area contributed by atoms with E-state index in [0.717, 1.165) is 25.9 Å². The van der Waals surface area contributed by atoms with Gasteiger partial charge in [-0.05, 0) is 31.1 Å². The number of methoxy groups -OCH3 is 2. The van der Waals surface area contributed by atoms with Crippen LogP contribution in [0.25, 0.3) is 0 Å². The lowest BCUT2D eigenvalue weighted by atomic mass is 9.90. The van der Waals surface area contributed by atoms with E-state index < -0.39 is 34.0 Å². The van der Waals surface area contributed by atoms with E-state index >= 15 is 0 Å². The van der Waals surface area contributed by atoms with Crippen LogP contribution >= 0.6 is 0 Å². The van der Waals surface area contributed by atoms with Gasteiger partial charge in [0.2, 0.25) is 10.0 Å². The smallest absolute Gasteiger partial charge is 0.415 e. The Morgan fingerprint density at radius 2 is 1.90 bits per heavy atom. The Hall–Kier alpha value is -2.69. The Labute approximate surface area is 243 Å². The van der Waals surface area contributed by atoms with Gasteiger partial charge in [0, 0.05) is 68.8 Å². The van der Waals surface area contributed by atoms with Gasteiger partial charge in [0.05, 0.1) is 43.9 Å². The number of sulfonamides is 1. The van der Waals surface area contributed by atoms with E-state index in [1.165, 1.54) is 42.8 Å². The number of hydrogen-bond acceptors (Lipinski definition) is 10. The number of rotatable bonds is 9. The third-order valence-electron chi connectivity index (χ3n) is 8.11. The molecular formula is C27H37F3N6O5S. The minimum absolute atomic E-state index is 0.00543. The highest BCUT2D eigenvalue weighted by atomic mass is 32.2. The van der Waals surface area contributed by atoms with Gasteiger partial charge in [-0.2, -0.15) is 17.5 Å². The van der Waals surface area contributed by atoms with E-state index in [1.807, 2.05) is 0 Å². The molecule has 1 aromatic rings. The molecule has 4 aliphatic rings. The van der Waals surface area contributed by atoms with Crippen molar-refractivity contribution in [3.63, 3.8) is 0 Å². The number of nitrogens with one attached hydrogen (secondary N) is 2. The van der Waals surface area contributed by atoms with Gasteiger partial charge in [-0.15, -0.1) is 0 Å². The summed E-state index contributed by atoms with van der Waals surface area (Å²) in [7, 11) is -0.955. The van der Waals surface area contributed by atoms with Gasteiger partial charge in [0.1, 0.15) is 17.2 Å². The summed E-state index contributed by atoms with van der Waals surface area (Å²) in [5, 5.41) is 5.92. The van der Waals surface area contributed by atoms with Crippen molar-refractivity contribution in [1.29, 1.82) is 0 Å². The second kappa shape index (κ2) is 12.1. The van der Waals surface area contributed by atoms with Gasteiger partial charge in [0.15, 0.2) is 0 Å².